The maximum absolute atomic E-state index is 5.76. The summed E-state index contributed by atoms with van der Waals surface area (Å²) in [5.41, 5.74) is 3.85. The van der Waals surface area contributed by atoms with Gasteiger partial charge in [0.15, 0.2) is 0 Å². The van der Waals surface area contributed by atoms with Crippen LogP contribution in [0.15, 0.2) is 28.9 Å². The van der Waals surface area contributed by atoms with Gasteiger partial charge in [0, 0.05) is 24.0 Å². The van der Waals surface area contributed by atoms with Gasteiger partial charge in [-0.25, -0.2) is 0 Å². The minimum absolute atomic E-state index is 0.296. The highest BCUT2D eigenvalue weighted by Crippen LogP contribution is 2.29. The summed E-state index contributed by atoms with van der Waals surface area (Å²) in [5, 5.41) is 3.56. The monoisotopic (exact) mass is 258 g/mol. The third-order valence-electron chi connectivity index (χ3n) is 3.61. The Morgan fingerprint density at radius 2 is 1.84 bits per heavy atom. The van der Waals surface area contributed by atoms with Gasteiger partial charge >= 0.3 is 0 Å². The third kappa shape index (κ3) is 3.04. The van der Waals surface area contributed by atoms with Crippen LogP contribution in [-0.4, -0.2) is 11.5 Å². The van der Waals surface area contributed by atoms with Gasteiger partial charge in [-0.15, -0.1) is 0 Å². The number of hydrogen-bond acceptors (Lipinski definition) is 3. The quantitative estimate of drug-likeness (QED) is 0.892. The molecule has 0 fully saturated rings. The van der Waals surface area contributed by atoms with Gasteiger partial charge in [-0.1, -0.05) is 6.92 Å². The van der Waals surface area contributed by atoms with Crippen molar-refractivity contribution in [2.24, 2.45) is 0 Å². The predicted octanol–water partition coefficient (Wildman–Crippen LogP) is 3.49. The molecule has 0 bridgehead atoms. The molecule has 19 heavy (non-hydrogen) atoms. The highest BCUT2D eigenvalue weighted by Gasteiger charge is 2.20. The fourth-order valence-electron chi connectivity index (χ4n) is 2.60. The van der Waals surface area contributed by atoms with Gasteiger partial charge in [0.2, 0.25) is 0 Å². The van der Waals surface area contributed by atoms with E-state index < -0.39 is 0 Å². The summed E-state index contributed by atoms with van der Waals surface area (Å²) in [6.07, 6.45) is 4.65. The molecule has 3 heteroatoms. The zero-order valence-electron chi connectivity index (χ0n) is 12.2. The van der Waals surface area contributed by atoms with Gasteiger partial charge in [0.05, 0.1) is 0 Å². The van der Waals surface area contributed by atoms with Crippen LogP contribution in [-0.2, 0) is 6.42 Å². The second-order valence-corrected chi connectivity index (χ2v) is 4.92. The SMILES string of the molecule is CCNC(Cc1ccncc1)c1c(C)oc(C)c1C. The van der Waals surface area contributed by atoms with Crippen molar-refractivity contribution in [3.8, 4) is 0 Å². The number of rotatable bonds is 5. The van der Waals surface area contributed by atoms with E-state index in [2.05, 4.69) is 36.3 Å². The van der Waals surface area contributed by atoms with Crippen molar-refractivity contribution in [3.05, 3.63) is 52.7 Å². The molecular formula is C16H22N2O. The van der Waals surface area contributed by atoms with Crippen LogP contribution in [0.25, 0.3) is 0 Å². The van der Waals surface area contributed by atoms with Crippen molar-refractivity contribution in [1.82, 2.24) is 10.3 Å². The number of pyridine rings is 1. The van der Waals surface area contributed by atoms with Gasteiger partial charge in [0.1, 0.15) is 11.5 Å². The van der Waals surface area contributed by atoms with Crippen molar-refractivity contribution in [1.29, 1.82) is 0 Å². The highest BCUT2D eigenvalue weighted by atomic mass is 16.3. The Labute approximate surface area is 115 Å². The lowest BCUT2D eigenvalue weighted by Gasteiger charge is -2.18. The van der Waals surface area contributed by atoms with E-state index in [0.29, 0.717) is 6.04 Å². The van der Waals surface area contributed by atoms with Crippen LogP contribution in [0.5, 0.6) is 0 Å². The Kier molecular flexibility index (Phi) is 4.38. The van der Waals surface area contributed by atoms with Gasteiger partial charge in [0.25, 0.3) is 0 Å². The first-order valence-corrected chi connectivity index (χ1v) is 6.82. The first-order valence-electron chi connectivity index (χ1n) is 6.82. The van der Waals surface area contributed by atoms with Gasteiger partial charge in [-0.2, -0.15) is 0 Å². The highest BCUT2D eigenvalue weighted by molar-refractivity contribution is 5.35. The Hall–Kier alpha value is -1.61. The molecule has 0 aliphatic rings. The first kappa shape index (κ1) is 13.8. The summed E-state index contributed by atoms with van der Waals surface area (Å²) in [6, 6.07) is 4.44. The van der Waals surface area contributed by atoms with Crippen molar-refractivity contribution in [3.63, 3.8) is 0 Å². The maximum atomic E-state index is 5.76. The molecule has 2 rings (SSSR count). The van der Waals surface area contributed by atoms with Crippen LogP contribution in [0.2, 0.25) is 0 Å². The molecule has 0 radical (unpaired) electrons. The zero-order valence-corrected chi connectivity index (χ0v) is 12.2. The fraction of sp³-hybridized carbons (Fsp3) is 0.438. The Balaban J connectivity index is 2.30. The molecular weight excluding hydrogens is 236 g/mol. The zero-order chi connectivity index (χ0) is 13.8. The number of nitrogens with one attached hydrogen (secondary N) is 1. The van der Waals surface area contributed by atoms with Gasteiger partial charge in [-0.05, 0) is 57.0 Å². The fourth-order valence-corrected chi connectivity index (χ4v) is 2.60. The second-order valence-electron chi connectivity index (χ2n) is 4.92. The van der Waals surface area contributed by atoms with Gasteiger partial charge in [-0.3, -0.25) is 4.98 Å². The van der Waals surface area contributed by atoms with Gasteiger partial charge < -0.3 is 9.73 Å². The van der Waals surface area contributed by atoms with Crippen LogP contribution in [0.1, 0.15) is 41.2 Å². The normalized spacial score (nSPS) is 12.6. The average Bonchev–Trinajstić information content (AvgIpc) is 2.64. The Morgan fingerprint density at radius 3 is 2.37 bits per heavy atom. The Bertz CT molecular complexity index is 531. The molecule has 0 aliphatic carbocycles. The molecule has 0 aliphatic heterocycles. The van der Waals surface area contributed by atoms with Crippen molar-refractivity contribution >= 4 is 0 Å². The van der Waals surface area contributed by atoms with Crippen LogP contribution in [0.4, 0.5) is 0 Å². The minimum atomic E-state index is 0.296. The van der Waals surface area contributed by atoms with Crippen LogP contribution >= 0.6 is 0 Å². The summed E-state index contributed by atoms with van der Waals surface area (Å²) < 4.78 is 5.76. The molecule has 1 N–H and O–H groups in total. The second kappa shape index (κ2) is 6.02. The minimum Gasteiger partial charge on any atom is -0.466 e. The molecule has 1 atom stereocenters. The number of furan rings is 1. The molecule has 1 unspecified atom stereocenters. The molecule has 0 saturated carbocycles. The van der Waals surface area contributed by atoms with Crippen molar-refractivity contribution in [2.45, 2.75) is 40.2 Å². The van der Waals surface area contributed by atoms with E-state index in [-0.39, 0.29) is 0 Å². The van der Waals surface area contributed by atoms with Crippen molar-refractivity contribution < 1.29 is 4.42 Å². The molecule has 0 saturated heterocycles. The lowest BCUT2D eigenvalue weighted by molar-refractivity contribution is 0.484. The lowest BCUT2D eigenvalue weighted by Crippen LogP contribution is -2.24. The van der Waals surface area contributed by atoms with Crippen LogP contribution < -0.4 is 5.32 Å². The first-order chi connectivity index (χ1) is 9.13. The summed E-state index contributed by atoms with van der Waals surface area (Å²) in [6.45, 7) is 9.29. The van der Waals surface area contributed by atoms with E-state index in [0.717, 1.165) is 24.5 Å². The number of likely N-dealkylation sites (N-methyl/N-ethyl adjacent to an activating group) is 1. The number of aryl methyl sites for hydroxylation is 2. The maximum Gasteiger partial charge on any atom is 0.106 e. The number of nitrogens with zero attached hydrogens (tertiary/aromatic N) is 1. The van der Waals surface area contributed by atoms with Crippen molar-refractivity contribution in [2.75, 3.05) is 6.54 Å². The molecule has 2 aromatic heterocycles. The number of hydrogen-bond donors (Lipinski definition) is 1. The van der Waals surface area contributed by atoms with E-state index in [4.69, 9.17) is 4.42 Å². The summed E-state index contributed by atoms with van der Waals surface area (Å²) in [4.78, 5) is 4.07. The third-order valence-corrected chi connectivity index (χ3v) is 3.61. The average molecular weight is 258 g/mol. The smallest absolute Gasteiger partial charge is 0.106 e. The van der Waals surface area contributed by atoms with E-state index in [1.54, 1.807) is 0 Å². The molecule has 3 nitrogen and oxygen atoms in total. The largest absolute Gasteiger partial charge is 0.466 e. The van der Waals surface area contributed by atoms with E-state index >= 15 is 0 Å². The molecule has 0 aromatic carbocycles. The standard InChI is InChI=1S/C16H22N2O/c1-5-18-15(10-14-6-8-17-9-7-14)16-11(2)12(3)19-13(16)4/h6-9,15,18H,5,10H2,1-4H3. The molecule has 0 spiro atoms. The number of aromatic nitrogens is 1. The summed E-state index contributed by atoms with van der Waals surface area (Å²) >= 11 is 0. The van der Waals surface area contributed by atoms with E-state index in [1.165, 1.54) is 16.7 Å². The molecule has 102 valence electrons. The summed E-state index contributed by atoms with van der Waals surface area (Å²) in [5.74, 6) is 2.04. The summed E-state index contributed by atoms with van der Waals surface area (Å²) in [7, 11) is 0. The molecule has 2 heterocycles. The Morgan fingerprint density at radius 1 is 1.16 bits per heavy atom. The van der Waals surface area contributed by atoms with E-state index in [1.807, 2.05) is 26.2 Å². The van der Waals surface area contributed by atoms with Crippen LogP contribution in [0, 0.1) is 20.8 Å². The van der Waals surface area contributed by atoms with E-state index in [9.17, 15) is 0 Å². The van der Waals surface area contributed by atoms with Crippen LogP contribution in [0.3, 0.4) is 0 Å². The predicted molar refractivity (Wildman–Crippen MR) is 77.3 cm³/mol. The topological polar surface area (TPSA) is 38.1 Å². The lowest BCUT2D eigenvalue weighted by atomic mass is 9.96. The molecule has 2 aromatic rings. The molecule has 0 amide bonds.